The number of nitrogens with one attached hydrogen (secondary N) is 2. The van der Waals surface area contributed by atoms with Crippen molar-refractivity contribution in [1.82, 2.24) is 20.2 Å². The van der Waals surface area contributed by atoms with Crippen LogP contribution in [0.25, 0.3) is 22.3 Å². The number of halogens is 1. The van der Waals surface area contributed by atoms with Crippen molar-refractivity contribution in [2.24, 2.45) is 5.92 Å². The SMILES string of the molecule is C=CC(=O)Cc1cccc(-c2nc(Nc3ccc(F)c(N4CCC(C)CC4)c3)nc3[nH]ncc23)c1. The third kappa shape index (κ3) is 4.91. The van der Waals surface area contributed by atoms with Crippen molar-refractivity contribution in [3.8, 4) is 11.3 Å². The van der Waals surface area contributed by atoms with Gasteiger partial charge in [0.15, 0.2) is 11.4 Å². The maximum Gasteiger partial charge on any atom is 0.229 e. The zero-order chi connectivity index (χ0) is 24.4. The van der Waals surface area contributed by atoms with Gasteiger partial charge in [-0.25, -0.2) is 9.37 Å². The van der Waals surface area contributed by atoms with Gasteiger partial charge in [-0.15, -0.1) is 0 Å². The quantitative estimate of drug-likeness (QED) is 0.350. The molecule has 5 rings (SSSR count). The number of hydrogen-bond acceptors (Lipinski definition) is 6. The molecular weight excluding hydrogens is 443 g/mol. The molecule has 0 bridgehead atoms. The van der Waals surface area contributed by atoms with Gasteiger partial charge in [-0.1, -0.05) is 31.7 Å². The average molecular weight is 471 g/mol. The number of allylic oxidation sites excluding steroid dienone is 1. The molecule has 0 atom stereocenters. The van der Waals surface area contributed by atoms with Crippen molar-refractivity contribution in [2.45, 2.75) is 26.2 Å². The van der Waals surface area contributed by atoms with Crippen LogP contribution in [-0.2, 0) is 11.2 Å². The summed E-state index contributed by atoms with van der Waals surface area (Å²) in [6, 6.07) is 12.7. The number of carbonyl (C=O) groups excluding carboxylic acids is 1. The smallest absolute Gasteiger partial charge is 0.229 e. The Morgan fingerprint density at radius 2 is 2.06 bits per heavy atom. The summed E-state index contributed by atoms with van der Waals surface area (Å²) in [5.74, 6) is 0.753. The second-order valence-electron chi connectivity index (χ2n) is 9.04. The maximum atomic E-state index is 14.7. The van der Waals surface area contributed by atoms with Crippen LogP contribution in [0.5, 0.6) is 0 Å². The molecule has 0 unspecified atom stereocenters. The van der Waals surface area contributed by atoms with Gasteiger partial charge in [0.2, 0.25) is 5.95 Å². The van der Waals surface area contributed by atoms with Crippen LogP contribution in [0, 0.1) is 11.7 Å². The summed E-state index contributed by atoms with van der Waals surface area (Å²) in [6.45, 7) is 7.47. The first kappa shape index (κ1) is 22.7. The summed E-state index contributed by atoms with van der Waals surface area (Å²) in [7, 11) is 0. The average Bonchev–Trinajstić information content (AvgIpc) is 3.34. The van der Waals surface area contributed by atoms with Crippen molar-refractivity contribution < 1.29 is 9.18 Å². The van der Waals surface area contributed by atoms with E-state index < -0.39 is 0 Å². The minimum absolute atomic E-state index is 0.0454. The largest absolute Gasteiger partial charge is 0.369 e. The number of carbonyl (C=O) groups is 1. The molecule has 1 saturated heterocycles. The first-order chi connectivity index (χ1) is 17.0. The van der Waals surface area contributed by atoms with Crippen LogP contribution in [0.1, 0.15) is 25.3 Å². The van der Waals surface area contributed by atoms with Crippen molar-refractivity contribution in [1.29, 1.82) is 0 Å². The Balaban J connectivity index is 1.47. The van der Waals surface area contributed by atoms with E-state index >= 15 is 0 Å². The third-order valence-corrected chi connectivity index (χ3v) is 6.44. The molecule has 0 spiro atoms. The number of piperidine rings is 1. The molecule has 2 aromatic carbocycles. The molecular formula is C27H27FN6O. The number of hydrogen-bond donors (Lipinski definition) is 2. The number of rotatable bonds is 7. The zero-order valence-electron chi connectivity index (χ0n) is 19.6. The van der Waals surface area contributed by atoms with E-state index in [-0.39, 0.29) is 18.0 Å². The van der Waals surface area contributed by atoms with E-state index in [1.54, 1.807) is 12.3 Å². The maximum absolute atomic E-state index is 14.7. The van der Waals surface area contributed by atoms with E-state index in [1.807, 2.05) is 30.3 Å². The number of fused-ring (bicyclic) bond motifs is 1. The summed E-state index contributed by atoms with van der Waals surface area (Å²) in [5.41, 5.74) is 4.28. The van der Waals surface area contributed by atoms with Crippen LogP contribution in [0.3, 0.4) is 0 Å². The van der Waals surface area contributed by atoms with E-state index in [0.29, 0.717) is 34.6 Å². The second-order valence-corrected chi connectivity index (χ2v) is 9.04. The van der Waals surface area contributed by atoms with Crippen LogP contribution in [-0.4, -0.2) is 39.0 Å². The predicted octanol–water partition coefficient (Wildman–Crippen LogP) is 5.44. The fourth-order valence-corrected chi connectivity index (χ4v) is 4.42. The Morgan fingerprint density at radius 1 is 1.23 bits per heavy atom. The van der Waals surface area contributed by atoms with Gasteiger partial charge in [-0.2, -0.15) is 10.1 Å². The lowest BCUT2D eigenvalue weighted by atomic mass is 9.99. The normalized spacial score (nSPS) is 14.3. The van der Waals surface area contributed by atoms with Gasteiger partial charge in [0.1, 0.15) is 5.82 Å². The van der Waals surface area contributed by atoms with Gasteiger partial charge >= 0.3 is 0 Å². The van der Waals surface area contributed by atoms with Gasteiger partial charge in [-0.3, -0.25) is 9.89 Å². The van der Waals surface area contributed by atoms with Crippen LogP contribution in [0.4, 0.5) is 21.7 Å². The van der Waals surface area contributed by atoms with Crippen molar-refractivity contribution >= 4 is 34.1 Å². The predicted molar refractivity (Wildman–Crippen MR) is 136 cm³/mol. The van der Waals surface area contributed by atoms with Crippen molar-refractivity contribution in [3.63, 3.8) is 0 Å². The number of nitrogens with zero attached hydrogens (tertiary/aromatic N) is 4. The van der Waals surface area contributed by atoms with Crippen LogP contribution in [0.15, 0.2) is 61.3 Å². The molecule has 1 aliphatic heterocycles. The minimum Gasteiger partial charge on any atom is -0.369 e. The van der Waals surface area contributed by atoms with Gasteiger partial charge < -0.3 is 10.2 Å². The number of anilines is 3. The van der Waals surface area contributed by atoms with Crippen LogP contribution >= 0.6 is 0 Å². The van der Waals surface area contributed by atoms with E-state index in [1.165, 1.54) is 12.1 Å². The molecule has 4 aromatic rings. The first-order valence-corrected chi connectivity index (χ1v) is 11.8. The molecule has 0 amide bonds. The van der Waals surface area contributed by atoms with E-state index in [4.69, 9.17) is 4.98 Å². The summed E-state index contributed by atoms with van der Waals surface area (Å²) in [5, 5.41) is 11.1. The van der Waals surface area contributed by atoms with Gasteiger partial charge in [-0.05, 0) is 54.7 Å². The third-order valence-electron chi connectivity index (χ3n) is 6.44. The molecule has 2 N–H and O–H groups in total. The van der Waals surface area contributed by atoms with Crippen molar-refractivity contribution in [3.05, 3.63) is 72.7 Å². The molecule has 2 aromatic heterocycles. The zero-order valence-corrected chi connectivity index (χ0v) is 19.6. The molecule has 0 aliphatic carbocycles. The van der Waals surface area contributed by atoms with E-state index in [0.717, 1.165) is 42.4 Å². The second kappa shape index (κ2) is 9.66. The standard InChI is InChI=1S/C27H27FN6O/c1-3-21(35)14-18-5-4-6-19(13-18)25-22-16-29-33-26(22)32-27(31-25)30-20-7-8-23(28)24(15-20)34-11-9-17(2)10-12-34/h3-8,13,15-17H,1,9-12,14H2,2H3,(H2,29,30,31,32,33). The summed E-state index contributed by atoms with van der Waals surface area (Å²) in [6.07, 6.45) is 5.39. The highest BCUT2D eigenvalue weighted by atomic mass is 19.1. The Kier molecular flexibility index (Phi) is 6.27. The number of aromatic amines is 1. The van der Waals surface area contributed by atoms with Gasteiger partial charge in [0.05, 0.1) is 23.0 Å². The molecule has 178 valence electrons. The van der Waals surface area contributed by atoms with Gasteiger partial charge in [0, 0.05) is 30.8 Å². The number of benzene rings is 2. The highest BCUT2D eigenvalue weighted by Gasteiger charge is 2.19. The molecule has 1 aliphatic rings. The molecule has 0 radical (unpaired) electrons. The lowest BCUT2D eigenvalue weighted by molar-refractivity contribution is -0.114. The van der Waals surface area contributed by atoms with E-state index in [2.05, 4.69) is 38.9 Å². The Morgan fingerprint density at radius 3 is 2.86 bits per heavy atom. The Bertz CT molecular complexity index is 1390. The summed E-state index contributed by atoms with van der Waals surface area (Å²) in [4.78, 5) is 23.3. The summed E-state index contributed by atoms with van der Waals surface area (Å²) < 4.78 is 14.7. The first-order valence-electron chi connectivity index (χ1n) is 11.8. The van der Waals surface area contributed by atoms with Crippen LogP contribution < -0.4 is 10.2 Å². The number of ketones is 1. The monoisotopic (exact) mass is 470 g/mol. The molecule has 1 fully saturated rings. The molecule has 35 heavy (non-hydrogen) atoms. The number of H-pyrrole nitrogens is 1. The van der Waals surface area contributed by atoms with Crippen LogP contribution in [0.2, 0.25) is 0 Å². The Labute approximate surface area is 203 Å². The molecule has 0 saturated carbocycles. The number of aromatic nitrogens is 4. The highest BCUT2D eigenvalue weighted by Crippen LogP contribution is 2.31. The molecule has 7 nitrogen and oxygen atoms in total. The fraction of sp³-hybridized carbons (Fsp3) is 0.259. The van der Waals surface area contributed by atoms with Gasteiger partial charge in [0.25, 0.3) is 0 Å². The molecule has 8 heteroatoms. The lowest BCUT2D eigenvalue weighted by Gasteiger charge is -2.32. The highest BCUT2D eigenvalue weighted by molar-refractivity contribution is 5.93. The summed E-state index contributed by atoms with van der Waals surface area (Å²) >= 11 is 0. The lowest BCUT2D eigenvalue weighted by Crippen LogP contribution is -2.33. The minimum atomic E-state index is -0.235. The Hall–Kier alpha value is -4.07. The fourth-order valence-electron chi connectivity index (χ4n) is 4.42. The topological polar surface area (TPSA) is 86.8 Å². The van der Waals surface area contributed by atoms with Crippen molar-refractivity contribution in [2.75, 3.05) is 23.3 Å². The molecule has 3 heterocycles. The van der Waals surface area contributed by atoms with E-state index in [9.17, 15) is 9.18 Å².